The lowest BCUT2D eigenvalue weighted by atomic mass is 9.96. The predicted octanol–water partition coefficient (Wildman–Crippen LogP) is 5.00. The summed E-state index contributed by atoms with van der Waals surface area (Å²) in [6, 6.07) is 6.43. The summed E-state index contributed by atoms with van der Waals surface area (Å²) in [4.78, 5) is 44.1. The van der Waals surface area contributed by atoms with E-state index in [1.807, 2.05) is 13.8 Å². The van der Waals surface area contributed by atoms with Crippen LogP contribution >= 0.6 is 46.4 Å². The third-order valence-corrected chi connectivity index (χ3v) is 11.7. The minimum absolute atomic E-state index is 0.0556. The van der Waals surface area contributed by atoms with E-state index in [9.17, 15) is 22.8 Å². The lowest BCUT2D eigenvalue weighted by Gasteiger charge is -2.54. The van der Waals surface area contributed by atoms with Crippen LogP contribution < -0.4 is 5.32 Å². The number of nitrogens with zero attached hydrogens (tertiary/aromatic N) is 3. The Morgan fingerprint density at radius 2 is 1.63 bits per heavy atom. The Labute approximate surface area is 271 Å². The van der Waals surface area contributed by atoms with E-state index in [2.05, 4.69) is 5.32 Å². The van der Waals surface area contributed by atoms with Gasteiger partial charge in [0, 0.05) is 29.9 Å². The molecule has 2 aromatic rings. The molecule has 1 N–H and O–H groups in total. The SMILES string of the molecule is CC(C)N1CC2N(C(=O)C(NC(=O)C3CCCC3)CN2S(=O)(=O)c2ccc(Cl)cc2Cl)C(Cc2ccc(Cl)c(Cl)c2)C1=O. The van der Waals surface area contributed by atoms with Crippen molar-refractivity contribution >= 4 is 74.1 Å². The molecule has 5 rings (SSSR count). The second-order valence-electron chi connectivity index (χ2n) is 11.5. The molecule has 2 aliphatic heterocycles. The molecule has 3 unspecified atom stereocenters. The van der Waals surface area contributed by atoms with Gasteiger partial charge in [-0.15, -0.1) is 0 Å². The largest absolute Gasteiger partial charge is 0.343 e. The topological polar surface area (TPSA) is 107 Å². The standard InChI is InChI=1S/C29H32Cl4N4O5S/c1-16(2)35-15-26-36(43(41,42)25-10-8-19(30)13-22(25)33)14-23(34-27(38)18-5-3-4-6-18)28(39)37(26)24(29(35)40)12-17-7-9-20(31)21(32)11-17/h7-11,13,16,18,23-24,26H,3-6,12,14-15H2,1-2H3,(H,34,38). The number of hydrogen-bond acceptors (Lipinski definition) is 5. The molecule has 0 spiro atoms. The highest BCUT2D eigenvalue weighted by Crippen LogP contribution is 2.36. The van der Waals surface area contributed by atoms with Gasteiger partial charge in [-0.2, -0.15) is 4.31 Å². The minimum atomic E-state index is -4.35. The van der Waals surface area contributed by atoms with E-state index in [0.717, 1.165) is 12.8 Å². The van der Waals surface area contributed by atoms with E-state index < -0.39 is 34.2 Å². The Kier molecular flexibility index (Phi) is 9.57. The van der Waals surface area contributed by atoms with Crippen molar-refractivity contribution in [3.63, 3.8) is 0 Å². The van der Waals surface area contributed by atoms with Gasteiger partial charge in [0.2, 0.25) is 27.7 Å². The van der Waals surface area contributed by atoms with Crippen LogP contribution in [-0.4, -0.2) is 77.6 Å². The summed E-state index contributed by atoms with van der Waals surface area (Å²) in [6.45, 7) is 3.27. The average molecular weight is 690 g/mol. The number of nitrogens with one attached hydrogen (secondary N) is 1. The maximum atomic E-state index is 14.3. The van der Waals surface area contributed by atoms with Crippen molar-refractivity contribution in [2.45, 2.75) is 75.1 Å². The van der Waals surface area contributed by atoms with Gasteiger partial charge < -0.3 is 15.1 Å². The van der Waals surface area contributed by atoms with E-state index >= 15 is 0 Å². The molecule has 0 radical (unpaired) electrons. The molecule has 1 aliphatic carbocycles. The Morgan fingerprint density at radius 1 is 0.930 bits per heavy atom. The maximum absolute atomic E-state index is 14.3. The number of carbonyl (C=O) groups is 3. The van der Waals surface area contributed by atoms with Gasteiger partial charge in [-0.3, -0.25) is 14.4 Å². The number of hydrogen-bond donors (Lipinski definition) is 1. The molecule has 3 aliphatic rings. The van der Waals surface area contributed by atoms with Gasteiger partial charge >= 0.3 is 0 Å². The first-order valence-electron chi connectivity index (χ1n) is 14.1. The number of piperazine rings is 1. The van der Waals surface area contributed by atoms with E-state index in [1.54, 1.807) is 23.1 Å². The third-order valence-electron chi connectivity index (χ3n) is 8.39. The van der Waals surface area contributed by atoms with Crippen LogP contribution in [0.15, 0.2) is 41.3 Å². The molecule has 14 heteroatoms. The number of benzene rings is 2. The van der Waals surface area contributed by atoms with Crippen LogP contribution in [-0.2, 0) is 30.8 Å². The zero-order valence-electron chi connectivity index (χ0n) is 23.6. The molecule has 0 aromatic heterocycles. The molecule has 2 heterocycles. The number of carbonyl (C=O) groups excluding carboxylic acids is 3. The summed E-state index contributed by atoms with van der Waals surface area (Å²) < 4.78 is 29.7. The van der Waals surface area contributed by atoms with Crippen molar-refractivity contribution in [1.82, 2.24) is 19.4 Å². The van der Waals surface area contributed by atoms with Crippen molar-refractivity contribution in [3.05, 3.63) is 62.1 Å². The Balaban J connectivity index is 1.60. The molecule has 3 fully saturated rings. The molecule has 43 heavy (non-hydrogen) atoms. The number of rotatable bonds is 7. The smallest absolute Gasteiger partial charge is 0.248 e. The van der Waals surface area contributed by atoms with E-state index in [1.165, 1.54) is 27.4 Å². The first-order chi connectivity index (χ1) is 20.3. The fourth-order valence-electron chi connectivity index (χ4n) is 6.16. The molecule has 0 bridgehead atoms. The summed E-state index contributed by atoms with van der Waals surface area (Å²) in [5.74, 6) is -1.42. The quantitative estimate of drug-likeness (QED) is 0.441. The molecule has 3 atom stereocenters. The number of fused-ring (bicyclic) bond motifs is 1. The van der Waals surface area contributed by atoms with Crippen LogP contribution in [0.4, 0.5) is 0 Å². The third kappa shape index (κ3) is 6.37. The zero-order valence-corrected chi connectivity index (χ0v) is 27.4. The van der Waals surface area contributed by atoms with Crippen LogP contribution in [0.2, 0.25) is 20.1 Å². The number of sulfonamides is 1. The summed E-state index contributed by atoms with van der Waals surface area (Å²) in [6.07, 6.45) is 2.21. The highest BCUT2D eigenvalue weighted by Gasteiger charge is 2.54. The summed E-state index contributed by atoms with van der Waals surface area (Å²) in [5, 5.41) is 3.62. The minimum Gasteiger partial charge on any atom is -0.343 e. The number of amides is 3. The summed E-state index contributed by atoms with van der Waals surface area (Å²) >= 11 is 24.8. The van der Waals surface area contributed by atoms with Crippen molar-refractivity contribution in [2.24, 2.45) is 5.92 Å². The van der Waals surface area contributed by atoms with Gasteiger partial charge in [-0.1, -0.05) is 65.3 Å². The second kappa shape index (κ2) is 12.7. The summed E-state index contributed by atoms with van der Waals surface area (Å²) in [5.41, 5.74) is 0.636. The van der Waals surface area contributed by atoms with Crippen LogP contribution in [0, 0.1) is 5.92 Å². The van der Waals surface area contributed by atoms with E-state index in [-0.39, 0.29) is 63.2 Å². The van der Waals surface area contributed by atoms with Gasteiger partial charge in [0.25, 0.3) is 0 Å². The van der Waals surface area contributed by atoms with Gasteiger partial charge in [0.15, 0.2) is 0 Å². The highest BCUT2D eigenvalue weighted by atomic mass is 35.5. The van der Waals surface area contributed by atoms with Gasteiger partial charge in [0.1, 0.15) is 23.1 Å². The van der Waals surface area contributed by atoms with Gasteiger partial charge in [0.05, 0.1) is 21.6 Å². The molecule has 1 saturated carbocycles. The van der Waals surface area contributed by atoms with Crippen molar-refractivity contribution in [2.75, 3.05) is 13.1 Å². The molecular weight excluding hydrogens is 658 g/mol. The molecule has 3 amide bonds. The molecule has 232 valence electrons. The number of halogens is 4. The van der Waals surface area contributed by atoms with Crippen LogP contribution in [0.5, 0.6) is 0 Å². The predicted molar refractivity (Wildman–Crippen MR) is 166 cm³/mol. The first-order valence-corrected chi connectivity index (χ1v) is 17.1. The molecule has 9 nitrogen and oxygen atoms in total. The highest BCUT2D eigenvalue weighted by molar-refractivity contribution is 7.89. The molecular formula is C29H32Cl4N4O5S. The normalized spacial score (nSPS) is 23.7. The average Bonchev–Trinajstić information content (AvgIpc) is 3.48. The van der Waals surface area contributed by atoms with Crippen LogP contribution in [0.25, 0.3) is 0 Å². The Morgan fingerprint density at radius 3 is 2.26 bits per heavy atom. The van der Waals surface area contributed by atoms with Crippen LogP contribution in [0.1, 0.15) is 45.1 Å². The Hall–Kier alpha value is -2.08. The van der Waals surface area contributed by atoms with Crippen molar-refractivity contribution < 1.29 is 22.8 Å². The van der Waals surface area contributed by atoms with Crippen molar-refractivity contribution in [1.29, 1.82) is 0 Å². The fraction of sp³-hybridized carbons (Fsp3) is 0.483. The lowest BCUT2D eigenvalue weighted by Crippen LogP contribution is -2.76. The lowest BCUT2D eigenvalue weighted by molar-refractivity contribution is -0.169. The molecule has 2 saturated heterocycles. The zero-order chi connectivity index (χ0) is 31.2. The fourth-order valence-corrected chi connectivity index (χ4v) is 8.81. The second-order valence-corrected chi connectivity index (χ2v) is 15.0. The van der Waals surface area contributed by atoms with Crippen molar-refractivity contribution in [3.8, 4) is 0 Å². The Bertz CT molecular complexity index is 1550. The monoisotopic (exact) mass is 688 g/mol. The van der Waals surface area contributed by atoms with E-state index in [0.29, 0.717) is 23.4 Å². The van der Waals surface area contributed by atoms with Gasteiger partial charge in [-0.25, -0.2) is 8.42 Å². The molecule has 2 aromatic carbocycles. The maximum Gasteiger partial charge on any atom is 0.248 e. The van der Waals surface area contributed by atoms with Gasteiger partial charge in [-0.05, 0) is 62.6 Å². The first kappa shape index (κ1) is 32.3. The van der Waals surface area contributed by atoms with E-state index in [4.69, 9.17) is 46.4 Å². The van der Waals surface area contributed by atoms with Crippen LogP contribution in [0.3, 0.4) is 0 Å². The summed E-state index contributed by atoms with van der Waals surface area (Å²) in [7, 11) is -4.35.